The van der Waals surface area contributed by atoms with Crippen molar-refractivity contribution < 1.29 is 19.5 Å². The minimum atomic E-state index is -0.693. The number of amides is 3. The van der Waals surface area contributed by atoms with Gasteiger partial charge in [0.15, 0.2) is 0 Å². The van der Waals surface area contributed by atoms with Gasteiger partial charge in [-0.2, -0.15) is 0 Å². The largest absolute Gasteiger partial charge is 0.394 e. The second-order valence-electron chi connectivity index (χ2n) is 11.5. The molecule has 0 aromatic heterocycles. The van der Waals surface area contributed by atoms with Gasteiger partial charge in [0, 0.05) is 17.8 Å². The summed E-state index contributed by atoms with van der Waals surface area (Å²) in [5.74, 6) is -1.18. The summed E-state index contributed by atoms with van der Waals surface area (Å²) in [7, 11) is 0. The van der Waals surface area contributed by atoms with Crippen molar-refractivity contribution in [2.45, 2.75) is 93.3 Å². The van der Waals surface area contributed by atoms with E-state index < -0.39 is 28.7 Å². The Bertz CT molecular complexity index is 1000. The van der Waals surface area contributed by atoms with E-state index in [9.17, 15) is 19.5 Å². The summed E-state index contributed by atoms with van der Waals surface area (Å²) in [6, 6.07) is 8.72. The highest BCUT2D eigenvalue weighted by molar-refractivity contribution is 8.02. The molecule has 1 aliphatic carbocycles. The molecule has 3 saturated heterocycles. The molecule has 3 N–H and O–H groups in total. The fourth-order valence-electron chi connectivity index (χ4n) is 7.48. The van der Waals surface area contributed by atoms with Crippen molar-refractivity contribution in [3.63, 3.8) is 0 Å². The number of aliphatic hydroxyl groups is 1. The van der Waals surface area contributed by atoms with Crippen LogP contribution in [0.5, 0.6) is 0 Å². The number of hydrogen-bond donors (Lipinski definition) is 3. The zero-order chi connectivity index (χ0) is 26.2. The Balaban J connectivity index is 1.52. The van der Waals surface area contributed by atoms with Crippen molar-refractivity contribution in [2.75, 3.05) is 13.2 Å². The third-order valence-corrected chi connectivity index (χ3v) is 11.2. The Kier molecular flexibility index (Phi) is 7.87. The van der Waals surface area contributed by atoms with Crippen LogP contribution < -0.4 is 10.6 Å². The second-order valence-corrected chi connectivity index (χ2v) is 13.0. The van der Waals surface area contributed by atoms with Crippen LogP contribution in [-0.2, 0) is 20.8 Å². The van der Waals surface area contributed by atoms with Gasteiger partial charge in [-0.25, -0.2) is 0 Å². The second kappa shape index (κ2) is 11.0. The zero-order valence-electron chi connectivity index (χ0n) is 22.0. The molecular formula is C29H41N3O4S. The van der Waals surface area contributed by atoms with Crippen LogP contribution >= 0.6 is 11.8 Å². The molecular weight excluding hydrogens is 486 g/mol. The lowest BCUT2D eigenvalue weighted by molar-refractivity contribution is -0.143. The van der Waals surface area contributed by atoms with Gasteiger partial charge in [0.1, 0.15) is 6.04 Å². The number of hydrogen-bond acceptors (Lipinski definition) is 5. The predicted octanol–water partition coefficient (Wildman–Crippen LogP) is 2.90. The molecule has 3 aliphatic heterocycles. The van der Waals surface area contributed by atoms with Crippen LogP contribution in [0.2, 0.25) is 0 Å². The molecule has 7 nitrogen and oxygen atoms in total. The van der Waals surface area contributed by atoms with Crippen LogP contribution in [0.4, 0.5) is 0 Å². The van der Waals surface area contributed by atoms with E-state index in [0.29, 0.717) is 13.0 Å². The highest BCUT2D eigenvalue weighted by Crippen LogP contribution is 2.68. The number of nitrogens with zero attached hydrogens (tertiary/aromatic N) is 1. The standard InChI is InChI=1S/C29H41N3O4S/c1-3-14-30-26(34)23-22-15-18(2)29(37-22)24(23)28(36)32(21(17-33)16-19-10-6-4-7-11-19)25(29)27(35)31-20-12-8-5-9-13-20/h4,6-7,10-11,18,20-25,33H,3,5,8-9,12-17H2,1-2H3,(H,30,34)(H,31,35)/t18?,21-,22+,23-,24+,25?,29?/m1/s1. The molecule has 202 valence electrons. The lowest BCUT2D eigenvalue weighted by Gasteiger charge is -2.41. The molecule has 8 heteroatoms. The maximum Gasteiger partial charge on any atom is 0.244 e. The number of carbonyl (C=O) groups is 3. The minimum absolute atomic E-state index is 0.0367. The van der Waals surface area contributed by atoms with Crippen molar-refractivity contribution in [2.24, 2.45) is 17.8 Å². The van der Waals surface area contributed by atoms with Crippen LogP contribution in [0.15, 0.2) is 30.3 Å². The van der Waals surface area contributed by atoms with Crippen molar-refractivity contribution in [1.29, 1.82) is 0 Å². The third-order valence-electron chi connectivity index (χ3n) is 9.15. The Morgan fingerprint density at radius 1 is 1.16 bits per heavy atom. The first-order chi connectivity index (χ1) is 17.9. The average molecular weight is 528 g/mol. The van der Waals surface area contributed by atoms with E-state index in [2.05, 4.69) is 17.6 Å². The van der Waals surface area contributed by atoms with Gasteiger partial charge in [-0.15, -0.1) is 11.8 Å². The molecule has 3 amide bonds. The summed E-state index contributed by atoms with van der Waals surface area (Å²) < 4.78 is -0.654. The molecule has 3 heterocycles. The van der Waals surface area contributed by atoms with Crippen LogP contribution in [-0.4, -0.2) is 69.0 Å². The van der Waals surface area contributed by atoms with E-state index in [1.807, 2.05) is 37.3 Å². The Morgan fingerprint density at radius 2 is 1.89 bits per heavy atom. The topological polar surface area (TPSA) is 98.7 Å². The first kappa shape index (κ1) is 26.5. The summed E-state index contributed by atoms with van der Waals surface area (Å²) in [5, 5.41) is 17.0. The number of aliphatic hydroxyl groups excluding tert-OH is 1. The number of likely N-dealkylation sites (tertiary alicyclic amines) is 1. The van der Waals surface area contributed by atoms with E-state index in [-0.39, 0.29) is 41.5 Å². The molecule has 1 saturated carbocycles. The van der Waals surface area contributed by atoms with E-state index >= 15 is 0 Å². The SMILES string of the molecule is CCCNC(=O)[C@@H]1[C@@H]2CC(C)C3(S2)C(C(=O)NC2CCCCC2)N([C@@H](CO)Cc2ccccc2)C(=O)[C@H]13. The fourth-order valence-corrected chi connectivity index (χ4v) is 9.89. The Morgan fingerprint density at radius 3 is 2.57 bits per heavy atom. The molecule has 0 radical (unpaired) electrons. The summed E-state index contributed by atoms with van der Waals surface area (Å²) >= 11 is 1.70. The van der Waals surface area contributed by atoms with Gasteiger partial charge >= 0.3 is 0 Å². The highest BCUT2D eigenvalue weighted by Gasteiger charge is 2.76. The van der Waals surface area contributed by atoms with Crippen LogP contribution in [0.25, 0.3) is 0 Å². The van der Waals surface area contributed by atoms with Gasteiger partial charge < -0.3 is 20.6 Å². The number of benzene rings is 1. The summed E-state index contributed by atoms with van der Waals surface area (Å²) in [5.41, 5.74) is 1.01. The van der Waals surface area contributed by atoms with Crippen LogP contribution in [0, 0.1) is 17.8 Å². The molecule has 37 heavy (non-hydrogen) atoms. The molecule has 3 unspecified atom stereocenters. The number of fused-ring (bicyclic) bond motifs is 1. The summed E-state index contributed by atoms with van der Waals surface area (Å²) in [4.78, 5) is 43.6. The molecule has 1 aromatic rings. The molecule has 2 bridgehead atoms. The van der Waals surface area contributed by atoms with Crippen molar-refractivity contribution in [3.8, 4) is 0 Å². The van der Waals surface area contributed by atoms with E-state index in [1.165, 1.54) is 6.42 Å². The van der Waals surface area contributed by atoms with E-state index in [4.69, 9.17) is 0 Å². The quantitative estimate of drug-likeness (QED) is 0.459. The van der Waals surface area contributed by atoms with Gasteiger partial charge in [-0.05, 0) is 43.6 Å². The van der Waals surface area contributed by atoms with Crippen molar-refractivity contribution in [3.05, 3.63) is 35.9 Å². The van der Waals surface area contributed by atoms with Gasteiger partial charge in [0.2, 0.25) is 17.7 Å². The third kappa shape index (κ3) is 4.58. The molecule has 4 aliphatic rings. The number of carbonyl (C=O) groups excluding carboxylic acids is 3. The van der Waals surface area contributed by atoms with Gasteiger partial charge in [-0.1, -0.05) is 63.4 Å². The molecule has 5 rings (SSSR count). The molecule has 7 atom stereocenters. The Hall–Kier alpha value is -2.06. The number of thioether (sulfide) groups is 1. The molecule has 1 spiro atoms. The maximum absolute atomic E-state index is 14.3. The Labute approximate surface area is 224 Å². The first-order valence-electron chi connectivity index (χ1n) is 14.1. The lowest BCUT2D eigenvalue weighted by Crippen LogP contribution is -2.60. The highest BCUT2D eigenvalue weighted by atomic mass is 32.2. The van der Waals surface area contributed by atoms with Gasteiger partial charge in [0.05, 0.1) is 29.2 Å². The summed E-state index contributed by atoms with van der Waals surface area (Å²) in [6.07, 6.45) is 7.44. The normalized spacial score (nSPS) is 33.9. The van der Waals surface area contributed by atoms with Gasteiger partial charge in [-0.3, -0.25) is 14.4 Å². The van der Waals surface area contributed by atoms with E-state index in [0.717, 1.165) is 44.1 Å². The monoisotopic (exact) mass is 527 g/mol. The molecule has 1 aromatic carbocycles. The number of nitrogens with one attached hydrogen (secondary N) is 2. The van der Waals surface area contributed by atoms with Crippen LogP contribution in [0.1, 0.15) is 64.4 Å². The smallest absolute Gasteiger partial charge is 0.244 e. The summed E-state index contributed by atoms with van der Waals surface area (Å²) in [6.45, 7) is 4.51. The average Bonchev–Trinajstić information content (AvgIpc) is 3.50. The maximum atomic E-state index is 14.3. The van der Waals surface area contributed by atoms with Gasteiger partial charge in [0.25, 0.3) is 0 Å². The van der Waals surface area contributed by atoms with Crippen LogP contribution in [0.3, 0.4) is 0 Å². The van der Waals surface area contributed by atoms with Crippen molar-refractivity contribution in [1.82, 2.24) is 15.5 Å². The number of rotatable bonds is 9. The fraction of sp³-hybridized carbons (Fsp3) is 0.690. The predicted molar refractivity (Wildman–Crippen MR) is 145 cm³/mol. The zero-order valence-corrected chi connectivity index (χ0v) is 22.8. The van der Waals surface area contributed by atoms with E-state index in [1.54, 1.807) is 16.7 Å². The first-order valence-corrected chi connectivity index (χ1v) is 15.0. The minimum Gasteiger partial charge on any atom is -0.394 e. The molecule has 4 fully saturated rings. The lowest BCUT2D eigenvalue weighted by atomic mass is 9.65. The van der Waals surface area contributed by atoms with Crippen molar-refractivity contribution >= 4 is 29.5 Å².